The Morgan fingerprint density at radius 2 is 1.95 bits per heavy atom. The molecule has 6 nitrogen and oxygen atoms in total. The van der Waals surface area contributed by atoms with Gasteiger partial charge in [0.15, 0.2) is 0 Å². The summed E-state index contributed by atoms with van der Waals surface area (Å²) in [5, 5.41) is 0. The summed E-state index contributed by atoms with van der Waals surface area (Å²) in [5.74, 6) is 0.439. The number of rotatable bonds is 3. The van der Waals surface area contributed by atoms with E-state index in [1.807, 2.05) is 6.92 Å². The van der Waals surface area contributed by atoms with Gasteiger partial charge in [0.2, 0.25) is 0 Å². The predicted molar refractivity (Wildman–Crippen MR) is 73.9 cm³/mol. The molecule has 0 bridgehead atoms. The van der Waals surface area contributed by atoms with Gasteiger partial charge >= 0.3 is 0 Å². The first-order valence-corrected chi connectivity index (χ1v) is 8.43. The highest BCUT2D eigenvalue weighted by molar-refractivity contribution is 7.86. The van der Waals surface area contributed by atoms with Gasteiger partial charge in [0, 0.05) is 32.2 Å². The number of ether oxygens (including phenoxy) is 1. The van der Waals surface area contributed by atoms with Gasteiger partial charge in [0.05, 0.1) is 12.7 Å². The van der Waals surface area contributed by atoms with Crippen LogP contribution >= 0.6 is 0 Å². The molecule has 0 aromatic heterocycles. The van der Waals surface area contributed by atoms with E-state index in [2.05, 4.69) is 6.92 Å². The standard InChI is InChI=1S/C12H25N3O3S/c1-10-4-3-5-14(8-10)19(16,17)15-6-7-18-12(9-15)11(2)13/h10-12H,3-9,13H2,1-2H3. The van der Waals surface area contributed by atoms with Crippen molar-refractivity contribution in [2.24, 2.45) is 11.7 Å². The van der Waals surface area contributed by atoms with E-state index in [0.717, 1.165) is 12.8 Å². The summed E-state index contributed by atoms with van der Waals surface area (Å²) in [7, 11) is -3.35. The summed E-state index contributed by atoms with van der Waals surface area (Å²) in [6, 6.07) is -0.154. The number of piperidine rings is 1. The lowest BCUT2D eigenvalue weighted by Gasteiger charge is -2.38. The van der Waals surface area contributed by atoms with E-state index < -0.39 is 10.2 Å². The van der Waals surface area contributed by atoms with Crippen LogP contribution in [0.1, 0.15) is 26.7 Å². The average Bonchev–Trinajstić information content (AvgIpc) is 2.39. The Labute approximate surface area is 116 Å². The Kier molecular flexibility index (Phi) is 4.84. The molecular formula is C12H25N3O3S. The zero-order valence-electron chi connectivity index (χ0n) is 11.8. The van der Waals surface area contributed by atoms with Crippen LogP contribution in [-0.2, 0) is 14.9 Å². The van der Waals surface area contributed by atoms with Crippen molar-refractivity contribution in [2.75, 3.05) is 32.8 Å². The molecule has 2 rings (SSSR count). The predicted octanol–water partition coefficient (Wildman–Crippen LogP) is 0.0111. The summed E-state index contributed by atoms with van der Waals surface area (Å²) in [6.45, 7) is 6.43. The number of hydrogen-bond acceptors (Lipinski definition) is 4. The monoisotopic (exact) mass is 291 g/mol. The molecule has 2 saturated heterocycles. The normalized spacial score (nSPS) is 33.2. The zero-order valence-corrected chi connectivity index (χ0v) is 12.6. The molecule has 2 aliphatic rings. The van der Waals surface area contributed by atoms with Gasteiger partial charge in [0.1, 0.15) is 0 Å². The fraction of sp³-hybridized carbons (Fsp3) is 1.00. The SMILES string of the molecule is CC1CCCN(S(=O)(=O)N2CCOC(C(C)N)C2)C1. The summed E-state index contributed by atoms with van der Waals surface area (Å²) < 4.78 is 33.9. The Morgan fingerprint density at radius 3 is 2.58 bits per heavy atom. The van der Waals surface area contributed by atoms with Crippen LogP contribution in [0.2, 0.25) is 0 Å². The van der Waals surface area contributed by atoms with Gasteiger partial charge in [-0.25, -0.2) is 0 Å². The van der Waals surface area contributed by atoms with Crippen molar-refractivity contribution in [2.45, 2.75) is 38.8 Å². The van der Waals surface area contributed by atoms with Crippen LogP contribution < -0.4 is 5.73 Å². The van der Waals surface area contributed by atoms with Crippen molar-refractivity contribution < 1.29 is 13.2 Å². The molecule has 2 aliphatic heterocycles. The van der Waals surface area contributed by atoms with Gasteiger partial charge in [-0.05, 0) is 25.7 Å². The molecule has 0 radical (unpaired) electrons. The molecule has 3 unspecified atom stereocenters. The fourth-order valence-electron chi connectivity index (χ4n) is 2.70. The van der Waals surface area contributed by atoms with Crippen LogP contribution in [0.25, 0.3) is 0 Å². The molecule has 2 heterocycles. The minimum Gasteiger partial charge on any atom is -0.374 e. The van der Waals surface area contributed by atoms with Gasteiger partial charge < -0.3 is 10.5 Å². The van der Waals surface area contributed by atoms with Gasteiger partial charge in [-0.3, -0.25) is 0 Å². The first-order valence-electron chi connectivity index (χ1n) is 7.03. The van der Waals surface area contributed by atoms with E-state index in [4.69, 9.17) is 10.5 Å². The second-order valence-electron chi connectivity index (χ2n) is 5.74. The molecular weight excluding hydrogens is 266 g/mol. The van der Waals surface area contributed by atoms with E-state index in [1.165, 1.54) is 4.31 Å². The Hall–Kier alpha value is -0.210. The first-order chi connectivity index (χ1) is 8.91. The highest BCUT2D eigenvalue weighted by atomic mass is 32.2. The van der Waals surface area contributed by atoms with E-state index in [9.17, 15) is 8.42 Å². The Bertz CT molecular complexity index is 399. The molecule has 2 fully saturated rings. The van der Waals surface area contributed by atoms with E-state index in [1.54, 1.807) is 4.31 Å². The molecule has 0 spiro atoms. The third-order valence-corrected chi connectivity index (χ3v) is 5.88. The maximum atomic E-state index is 12.6. The van der Waals surface area contributed by atoms with Crippen LogP contribution in [0, 0.1) is 5.92 Å². The van der Waals surface area contributed by atoms with Crippen molar-refractivity contribution >= 4 is 10.2 Å². The highest BCUT2D eigenvalue weighted by Crippen LogP contribution is 2.22. The van der Waals surface area contributed by atoms with Crippen molar-refractivity contribution in [3.63, 3.8) is 0 Å². The maximum Gasteiger partial charge on any atom is 0.282 e. The van der Waals surface area contributed by atoms with Gasteiger partial charge in [-0.15, -0.1) is 0 Å². The van der Waals surface area contributed by atoms with E-state index >= 15 is 0 Å². The van der Waals surface area contributed by atoms with E-state index in [0.29, 0.717) is 38.7 Å². The van der Waals surface area contributed by atoms with Crippen LogP contribution in [-0.4, -0.2) is 62.0 Å². The van der Waals surface area contributed by atoms with Crippen molar-refractivity contribution in [3.8, 4) is 0 Å². The van der Waals surface area contributed by atoms with Crippen molar-refractivity contribution in [3.05, 3.63) is 0 Å². The molecule has 19 heavy (non-hydrogen) atoms. The second kappa shape index (κ2) is 6.05. The van der Waals surface area contributed by atoms with Gasteiger partial charge in [-0.1, -0.05) is 6.92 Å². The average molecular weight is 291 g/mol. The van der Waals surface area contributed by atoms with Crippen molar-refractivity contribution in [1.82, 2.24) is 8.61 Å². The number of hydrogen-bond donors (Lipinski definition) is 1. The molecule has 112 valence electrons. The Morgan fingerprint density at radius 1 is 1.26 bits per heavy atom. The van der Waals surface area contributed by atoms with E-state index in [-0.39, 0.29) is 12.1 Å². The first kappa shape index (κ1) is 15.2. The number of nitrogens with zero attached hydrogens (tertiary/aromatic N) is 2. The lowest BCUT2D eigenvalue weighted by Crippen LogP contribution is -2.56. The van der Waals surface area contributed by atoms with Gasteiger partial charge in [-0.2, -0.15) is 17.0 Å². The summed E-state index contributed by atoms with van der Waals surface area (Å²) >= 11 is 0. The summed E-state index contributed by atoms with van der Waals surface area (Å²) in [4.78, 5) is 0. The quantitative estimate of drug-likeness (QED) is 0.795. The zero-order chi connectivity index (χ0) is 14.0. The number of morpholine rings is 1. The van der Waals surface area contributed by atoms with Crippen LogP contribution in [0.3, 0.4) is 0 Å². The molecule has 0 saturated carbocycles. The van der Waals surface area contributed by atoms with Crippen LogP contribution in [0.5, 0.6) is 0 Å². The molecule has 0 aromatic carbocycles. The third-order valence-electron chi connectivity index (χ3n) is 3.91. The van der Waals surface area contributed by atoms with Gasteiger partial charge in [0.25, 0.3) is 10.2 Å². The fourth-order valence-corrected chi connectivity index (χ4v) is 4.47. The lowest BCUT2D eigenvalue weighted by atomic mass is 10.0. The van der Waals surface area contributed by atoms with Crippen LogP contribution in [0.4, 0.5) is 0 Å². The molecule has 7 heteroatoms. The molecule has 0 aliphatic carbocycles. The minimum absolute atomic E-state index is 0.154. The smallest absolute Gasteiger partial charge is 0.282 e. The molecule has 2 N–H and O–H groups in total. The molecule has 0 amide bonds. The molecule has 3 atom stereocenters. The maximum absolute atomic E-state index is 12.6. The topological polar surface area (TPSA) is 75.9 Å². The summed E-state index contributed by atoms with van der Waals surface area (Å²) in [5.41, 5.74) is 5.81. The van der Waals surface area contributed by atoms with Crippen LogP contribution in [0.15, 0.2) is 0 Å². The summed E-state index contributed by atoms with van der Waals surface area (Å²) in [6.07, 6.45) is 1.85. The minimum atomic E-state index is -3.35. The molecule has 0 aromatic rings. The third kappa shape index (κ3) is 3.46. The lowest BCUT2D eigenvalue weighted by molar-refractivity contribution is -0.0139. The highest BCUT2D eigenvalue weighted by Gasteiger charge is 2.36. The number of nitrogens with two attached hydrogens (primary N) is 1. The van der Waals surface area contributed by atoms with Crippen molar-refractivity contribution in [1.29, 1.82) is 0 Å². The Balaban J connectivity index is 2.06. The second-order valence-corrected chi connectivity index (χ2v) is 7.67. The largest absolute Gasteiger partial charge is 0.374 e.